The summed E-state index contributed by atoms with van der Waals surface area (Å²) >= 11 is 0. The summed E-state index contributed by atoms with van der Waals surface area (Å²) in [5, 5.41) is 6.41. The average molecular weight is 339 g/mol. The van der Waals surface area contributed by atoms with Crippen LogP contribution in [-0.4, -0.2) is 29.6 Å². The van der Waals surface area contributed by atoms with Crippen molar-refractivity contribution in [1.29, 1.82) is 0 Å². The zero-order chi connectivity index (χ0) is 17.7. The lowest BCUT2D eigenvalue weighted by Gasteiger charge is -2.37. The molecule has 132 valence electrons. The van der Waals surface area contributed by atoms with E-state index in [-0.39, 0.29) is 11.9 Å². The molecular weight excluding hydrogens is 314 g/mol. The second kappa shape index (κ2) is 7.66. The Morgan fingerprint density at radius 3 is 2.60 bits per heavy atom. The smallest absolute Gasteiger partial charge is 0.264 e. The number of amides is 1. The van der Waals surface area contributed by atoms with E-state index < -0.39 is 5.60 Å². The quantitative estimate of drug-likeness (QED) is 0.879. The molecule has 1 saturated heterocycles. The maximum absolute atomic E-state index is 13.1. The van der Waals surface area contributed by atoms with Crippen LogP contribution in [0.15, 0.2) is 48.8 Å². The van der Waals surface area contributed by atoms with Gasteiger partial charge in [-0.2, -0.15) is 0 Å². The minimum atomic E-state index is -0.836. The van der Waals surface area contributed by atoms with Crippen LogP contribution in [0.5, 0.6) is 5.75 Å². The lowest BCUT2D eigenvalue weighted by molar-refractivity contribution is -0.140. The molecule has 0 radical (unpaired) electrons. The Balaban J connectivity index is 1.77. The highest BCUT2D eigenvalue weighted by atomic mass is 16.5. The number of nitrogens with zero attached hydrogens (tertiary/aromatic N) is 1. The number of piperidine rings is 1. The highest BCUT2D eigenvalue weighted by molar-refractivity contribution is 5.86. The van der Waals surface area contributed by atoms with Crippen molar-refractivity contribution >= 4 is 5.91 Å². The molecule has 25 heavy (non-hydrogen) atoms. The van der Waals surface area contributed by atoms with E-state index in [4.69, 9.17) is 4.74 Å². The molecule has 0 bridgehead atoms. The summed E-state index contributed by atoms with van der Waals surface area (Å²) in [5.41, 5.74) is 1.31. The van der Waals surface area contributed by atoms with Gasteiger partial charge in [0.25, 0.3) is 5.91 Å². The van der Waals surface area contributed by atoms with Gasteiger partial charge in [0, 0.05) is 25.2 Å². The van der Waals surface area contributed by atoms with Gasteiger partial charge >= 0.3 is 0 Å². The van der Waals surface area contributed by atoms with Crippen LogP contribution >= 0.6 is 0 Å². The summed E-state index contributed by atoms with van der Waals surface area (Å²) in [6.07, 6.45) is 4.80. The maximum Gasteiger partial charge on any atom is 0.264 e. The number of benzene rings is 1. The van der Waals surface area contributed by atoms with E-state index in [1.807, 2.05) is 50.2 Å². The fraction of sp³-hybridized carbons (Fsp3) is 0.400. The summed E-state index contributed by atoms with van der Waals surface area (Å²) in [7, 11) is 0. The van der Waals surface area contributed by atoms with Crippen LogP contribution in [0.1, 0.15) is 36.9 Å². The van der Waals surface area contributed by atoms with E-state index in [0.29, 0.717) is 12.8 Å². The van der Waals surface area contributed by atoms with E-state index in [0.717, 1.165) is 24.4 Å². The Hall–Kier alpha value is -2.40. The third-order valence-electron chi connectivity index (χ3n) is 4.69. The van der Waals surface area contributed by atoms with Gasteiger partial charge in [-0.05, 0) is 50.7 Å². The van der Waals surface area contributed by atoms with E-state index in [1.54, 1.807) is 12.4 Å². The Bertz CT molecular complexity index is 695. The van der Waals surface area contributed by atoms with Crippen molar-refractivity contribution in [2.75, 3.05) is 13.1 Å². The number of aryl methyl sites for hydroxylation is 1. The number of hydrogen-bond donors (Lipinski definition) is 2. The summed E-state index contributed by atoms with van der Waals surface area (Å²) in [4.78, 5) is 17.2. The molecule has 2 heterocycles. The lowest BCUT2D eigenvalue weighted by Crippen LogP contribution is -2.56. The monoisotopic (exact) mass is 339 g/mol. The van der Waals surface area contributed by atoms with Crippen LogP contribution in [0.2, 0.25) is 0 Å². The number of rotatable bonds is 5. The van der Waals surface area contributed by atoms with Gasteiger partial charge in [0.1, 0.15) is 5.75 Å². The van der Waals surface area contributed by atoms with E-state index >= 15 is 0 Å². The lowest BCUT2D eigenvalue weighted by atomic mass is 9.90. The highest BCUT2D eigenvalue weighted by Gasteiger charge is 2.42. The second-order valence-corrected chi connectivity index (χ2v) is 6.64. The number of aromatic nitrogens is 1. The Kier molecular flexibility index (Phi) is 5.34. The van der Waals surface area contributed by atoms with Crippen LogP contribution < -0.4 is 15.4 Å². The highest BCUT2D eigenvalue weighted by Crippen LogP contribution is 2.28. The summed E-state index contributed by atoms with van der Waals surface area (Å²) < 4.78 is 6.23. The summed E-state index contributed by atoms with van der Waals surface area (Å²) in [6, 6.07) is 11.6. The molecular formula is C20H25N3O2. The molecule has 0 aliphatic carbocycles. The van der Waals surface area contributed by atoms with E-state index in [2.05, 4.69) is 15.6 Å². The molecule has 2 N–H and O–H groups in total. The standard InChI is InChI=1S/C20H25N3O2/c1-15-5-7-18(8-6-15)25-20(9-12-21-13-10-20)19(24)23-16(2)17-4-3-11-22-14-17/h3-8,11,14,16,21H,9-10,12-13H2,1-2H3,(H,23,24)/t16-/m1/s1. The van der Waals surface area contributed by atoms with E-state index in [1.165, 1.54) is 5.56 Å². The molecule has 2 aromatic rings. The molecule has 5 nitrogen and oxygen atoms in total. The zero-order valence-electron chi connectivity index (χ0n) is 14.8. The van der Waals surface area contributed by atoms with Crippen molar-refractivity contribution in [3.63, 3.8) is 0 Å². The van der Waals surface area contributed by atoms with Gasteiger partial charge in [-0.25, -0.2) is 0 Å². The fourth-order valence-electron chi connectivity index (χ4n) is 3.08. The van der Waals surface area contributed by atoms with Crippen LogP contribution in [0.25, 0.3) is 0 Å². The van der Waals surface area contributed by atoms with Gasteiger partial charge in [-0.15, -0.1) is 0 Å². The molecule has 1 aliphatic heterocycles. The third kappa shape index (κ3) is 4.17. The zero-order valence-corrected chi connectivity index (χ0v) is 14.8. The number of ether oxygens (including phenoxy) is 1. The van der Waals surface area contributed by atoms with Crippen molar-refractivity contribution in [3.8, 4) is 5.75 Å². The normalized spacial score (nSPS) is 17.5. The topological polar surface area (TPSA) is 63.2 Å². The molecule has 0 spiro atoms. The first-order chi connectivity index (χ1) is 12.1. The predicted octanol–water partition coefficient (Wildman–Crippen LogP) is 2.77. The molecule has 0 saturated carbocycles. The largest absolute Gasteiger partial charge is 0.477 e. The molecule has 1 aliphatic rings. The van der Waals surface area contributed by atoms with Gasteiger partial charge in [-0.1, -0.05) is 23.8 Å². The Labute approximate surface area is 148 Å². The molecule has 1 atom stereocenters. The number of pyridine rings is 1. The first-order valence-electron chi connectivity index (χ1n) is 8.76. The Morgan fingerprint density at radius 2 is 1.96 bits per heavy atom. The van der Waals surface area contributed by atoms with Crippen LogP contribution in [-0.2, 0) is 4.79 Å². The number of nitrogens with one attached hydrogen (secondary N) is 2. The van der Waals surface area contributed by atoms with Crippen molar-refractivity contribution in [2.45, 2.75) is 38.3 Å². The SMILES string of the molecule is Cc1ccc(OC2(C(=O)N[C@H](C)c3cccnc3)CCNCC2)cc1. The van der Waals surface area contributed by atoms with Gasteiger partial charge < -0.3 is 15.4 Å². The van der Waals surface area contributed by atoms with Gasteiger partial charge in [0.15, 0.2) is 5.60 Å². The van der Waals surface area contributed by atoms with Crippen molar-refractivity contribution in [2.24, 2.45) is 0 Å². The Morgan fingerprint density at radius 1 is 1.24 bits per heavy atom. The third-order valence-corrected chi connectivity index (χ3v) is 4.69. The number of hydrogen-bond acceptors (Lipinski definition) is 4. The minimum Gasteiger partial charge on any atom is -0.477 e. The van der Waals surface area contributed by atoms with E-state index in [9.17, 15) is 4.79 Å². The summed E-state index contributed by atoms with van der Waals surface area (Å²) in [5.74, 6) is 0.669. The molecule has 3 rings (SSSR count). The maximum atomic E-state index is 13.1. The van der Waals surface area contributed by atoms with Crippen LogP contribution in [0, 0.1) is 6.92 Å². The molecule has 1 amide bonds. The first-order valence-corrected chi connectivity index (χ1v) is 8.76. The van der Waals surface area contributed by atoms with Gasteiger partial charge in [0.2, 0.25) is 0 Å². The molecule has 1 fully saturated rings. The number of carbonyl (C=O) groups is 1. The summed E-state index contributed by atoms with van der Waals surface area (Å²) in [6.45, 7) is 5.53. The predicted molar refractivity (Wildman–Crippen MR) is 97.4 cm³/mol. The van der Waals surface area contributed by atoms with Crippen LogP contribution in [0.3, 0.4) is 0 Å². The molecule has 0 unspecified atom stereocenters. The van der Waals surface area contributed by atoms with Crippen molar-refractivity contribution in [3.05, 3.63) is 59.9 Å². The van der Waals surface area contributed by atoms with Crippen molar-refractivity contribution in [1.82, 2.24) is 15.6 Å². The number of carbonyl (C=O) groups excluding carboxylic acids is 1. The van der Waals surface area contributed by atoms with Gasteiger partial charge in [-0.3, -0.25) is 9.78 Å². The molecule has 1 aromatic carbocycles. The second-order valence-electron chi connectivity index (χ2n) is 6.64. The average Bonchev–Trinajstić information content (AvgIpc) is 2.65. The van der Waals surface area contributed by atoms with Crippen LogP contribution in [0.4, 0.5) is 0 Å². The minimum absolute atomic E-state index is 0.0640. The van der Waals surface area contributed by atoms with Crippen molar-refractivity contribution < 1.29 is 9.53 Å². The first kappa shape index (κ1) is 17.4. The molecule has 1 aromatic heterocycles. The molecule has 5 heteroatoms. The fourth-order valence-corrected chi connectivity index (χ4v) is 3.08. The van der Waals surface area contributed by atoms with Gasteiger partial charge in [0.05, 0.1) is 6.04 Å².